The van der Waals surface area contributed by atoms with Gasteiger partial charge in [-0.25, -0.2) is 4.79 Å². The molecule has 25 heavy (non-hydrogen) atoms. The van der Waals surface area contributed by atoms with E-state index < -0.39 is 0 Å². The van der Waals surface area contributed by atoms with E-state index in [0.29, 0.717) is 19.1 Å². The first-order valence-corrected chi connectivity index (χ1v) is 6.68. The summed E-state index contributed by atoms with van der Waals surface area (Å²) in [4.78, 5) is 21.1. The van der Waals surface area contributed by atoms with Gasteiger partial charge in [-0.3, -0.25) is 4.79 Å². The topological polar surface area (TPSA) is 52.6 Å². The fourth-order valence-electron chi connectivity index (χ4n) is 1.29. The van der Waals surface area contributed by atoms with Crippen LogP contribution >= 0.6 is 0 Å². The van der Waals surface area contributed by atoms with E-state index in [1.165, 1.54) is 0 Å². The summed E-state index contributed by atoms with van der Waals surface area (Å²) in [7, 11) is 0. The van der Waals surface area contributed by atoms with Gasteiger partial charge in [-0.15, -0.1) is 11.8 Å². The number of hydrogen-bond donors (Lipinski definition) is 0. The quantitative estimate of drug-likeness (QED) is 0.383. The molecule has 0 aliphatic carbocycles. The maximum absolute atomic E-state index is 10.6. The summed E-state index contributed by atoms with van der Waals surface area (Å²) in [5.74, 6) is 5.69. The highest BCUT2D eigenvalue weighted by Gasteiger charge is 2.28. The number of hydrogen-bond acceptors (Lipinski definition) is 4. The molecule has 1 fully saturated rings. The molecule has 0 spiro atoms. The van der Waals surface area contributed by atoms with Gasteiger partial charge >= 0.3 is 11.9 Å². The van der Waals surface area contributed by atoms with Crippen LogP contribution in [0.3, 0.4) is 0 Å². The summed E-state index contributed by atoms with van der Waals surface area (Å²) in [6.45, 7) is 12.4. The molecular weight excluding hydrogens is 316 g/mol. The molecule has 0 aromatic carbocycles. The third kappa shape index (κ3) is 14.3. The van der Waals surface area contributed by atoms with E-state index in [9.17, 15) is 9.59 Å². The van der Waals surface area contributed by atoms with Crippen LogP contribution in [0.25, 0.3) is 0 Å². The second-order valence-electron chi connectivity index (χ2n) is 4.88. The minimum atomic E-state index is -0.164. The van der Waals surface area contributed by atoms with Gasteiger partial charge in [0.15, 0.2) is 0 Å². The van der Waals surface area contributed by atoms with E-state index >= 15 is 0 Å². The van der Waals surface area contributed by atoms with Crippen molar-refractivity contribution in [1.29, 1.82) is 0 Å². The molecule has 1 saturated heterocycles. The van der Waals surface area contributed by atoms with Crippen LogP contribution in [0.2, 0.25) is 0 Å². The van der Waals surface area contributed by atoms with Gasteiger partial charge in [0.2, 0.25) is 0 Å². The number of ether oxygens (including phenoxy) is 2. The lowest BCUT2D eigenvalue weighted by Gasteiger charge is -1.98. The van der Waals surface area contributed by atoms with E-state index in [-0.39, 0.29) is 56.4 Å². The summed E-state index contributed by atoms with van der Waals surface area (Å²) in [6, 6.07) is 0. The minimum Gasteiger partial charge on any atom is -0.465 e. The fraction of sp³-hybridized carbons (Fsp3) is 0.714. The van der Waals surface area contributed by atoms with Crippen LogP contribution in [0, 0.1) is 23.7 Å². The lowest BCUT2D eigenvalue weighted by molar-refractivity contribution is -0.140. The molecule has 4 nitrogen and oxygen atoms in total. The highest BCUT2D eigenvalue weighted by Crippen LogP contribution is 2.19. The van der Waals surface area contributed by atoms with Gasteiger partial charge in [0.05, 0.1) is 12.5 Å². The molecule has 154 valence electrons. The van der Waals surface area contributed by atoms with Crippen LogP contribution in [0.5, 0.6) is 0 Å². The summed E-state index contributed by atoms with van der Waals surface area (Å²) >= 11 is 0. The number of carbonyl (C=O) groups is 2. The Hall–Kier alpha value is -1.76. The van der Waals surface area contributed by atoms with Crippen molar-refractivity contribution < 1.29 is 20.5 Å². The Morgan fingerprint density at radius 3 is 1.44 bits per heavy atom. The van der Waals surface area contributed by atoms with Crippen LogP contribution < -0.4 is 0 Å². The highest BCUT2D eigenvalue weighted by molar-refractivity contribution is 5.90. The first-order valence-electron chi connectivity index (χ1n) is 6.68. The summed E-state index contributed by atoms with van der Waals surface area (Å²) in [5, 5.41) is 0. The maximum Gasteiger partial charge on any atom is 0.334 e. The van der Waals surface area contributed by atoms with Gasteiger partial charge in [0.1, 0.15) is 6.61 Å². The van der Waals surface area contributed by atoms with Crippen LogP contribution in [0.15, 0.2) is 11.1 Å². The zero-order valence-corrected chi connectivity index (χ0v) is 13.2. The highest BCUT2D eigenvalue weighted by atomic mass is 16.5. The number of cyclic esters (lactones) is 2. The number of carbonyl (C=O) groups excluding carboxylic acids is 2. The zero-order chi connectivity index (χ0) is 15.7. The largest absolute Gasteiger partial charge is 0.465 e. The fourth-order valence-corrected chi connectivity index (χ4v) is 1.29. The molecule has 2 unspecified atom stereocenters. The molecule has 2 atom stereocenters. The molecule has 2 rings (SSSR count). The Morgan fingerprint density at radius 1 is 0.920 bits per heavy atom. The molecule has 0 aromatic rings. The van der Waals surface area contributed by atoms with E-state index in [0.717, 1.165) is 11.1 Å². The molecule has 0 amide bonds. The van der Waals surface area contributed by atoms with Crippen LogP contribution in [-0.2, 0) is 19.1 Å². The smallest absolute Gasteiger partial charge is 0.334 e. The Morgan fingerprint density at radius 2 is 1.36 bits per heavy atom. The van der Waals surface area contributed by atoms with E-state index in [4.69, 9.17) is 4.74 Å². The monoisotopic (exact) mass is 362 g/mol. The Labute approximate surface area is 159 Å². The van der Waals surface area contributed by atoms with Gasteiger partial charge in [-0.1, -0.05) is 51.0 Å². The summed E-state index contributed by atoms with van der Waals surface area (Å²) < 4.78 is 9.40. The molecule has 2 aliphatic heterocycles. The normalized spacial score (nSPS) is 18.8. The molecule has 4 heteroatoms. The van der Waals surface area contributed by atoms with Crippen LogP contribution in [0.1, 0.15) is 80.1 Å². The van der Waals surface area contributed by atoms with Crippen molar-refractivity contribution in [2.24, 2.45) is 11.8 Å². The average molecular weight is 363 g/mol. The minimum absolute atomic E-state index is 0. The van der Waals surface area contributed by atoms with E-state index in [2.05, 4.69) is 16.6 Å². The molecule has 0 bridgehead atoms. The van der Waals surface area contributed by atoms with Crippen LogP contribution in [-0.4, -0.2) is 25.2 Å². The van der Waals surface area contributed by atoms with Gasteiger partial charge in [0.25, 0.3) is 0 Å². The lowest BCUT2D eigenvalue weighted by atomic mass is 10.0. The predicted molar refractivity (Wildman–Crippen MR) is 114 cm³/mol. The first-order chi connectivity index (χ1) is 9.34. The van der Waals surface area contributed by atoms with Crippen molar-refractivity contribution in [3.8, 4) is 11.8 Å². The van der Waals surface area contributed by atoms with Gasteiger partial charge in [0, 0.05) is 12.9 Å². The second kappa shape index (κ2) is 20.3. The van der Waals surface area contributed by atoms with Crippen LogP contribution in [0.4, 0.5) is 0 Å². The van der Waals surface area contributed by atoms with E-state index in [1.807, 2.05) is 34.6 Å². The lowest BCUT2D eigenvalue weighted by Crippen LogP contribution is -2.07. The summed E-state index contributed by atoms with van der Waals surface area (Å²) in [6.07, 6.45) is 0. The van der Waals surface area contributed by atoms with Crippen molar-refractivity contribution >= 4 is 11.9 Å². The molecule has 0 radical (unpaired) electrons. The van der Waals surface area contributed by atoms with Gasteiger partial charge in [-0.05, 0) is 33.3 Å². The zero-order valence-electron chi connectivity index (χ0n) is 13.2. The Kier molecular flexibility index (Phi) is 31.4. The van der Waals surface area contributed by atoms with Crippen molar-refractivity contribution in [2.45, 2.75) is 78.7 Å². The first kappa shape index (κ1) is 38.7. The van der Waals surface area contributed by atoms with Crippen molar-refractivity contribution in [3.63, 3.8) is 0 Å². The standard InChI is InChI=1S/C6H10O2.C6H8O2.C4H6.5CH4.H2/c2*1-4-3-8-6(7)5(4)2;1-3-4-2;;;;;;/h4-5H,3H2,1-2H3;3H2,1-2H3;1-2H3;5*1H4;1H. The Balaban J connectivity index is -0.0000000390. The average Bonchev–Trinajstić information content (AvgIpc) is 2.90. The molecule has 0 saturated carbocycles. The van der Waals surface area contributed by atoms with E-state index in [1.54, 1.807) is 6.92 Å². The Bertz CT molecular complexity index is 439. The molecular formula is C21H46O4. The van der Waals surface area contributed by atoms with Crippen molar-refractivity contribution in [2.75, 3.05) is 13.2 Å². The van der Waals surface area contributed by atoms with Crippen molar-refractivity contribution in [1.82, 2.24) is 0 Å². The number of rotatable bonds is 0. The van der Waals surface area contributed by atoms with Gasteiger partial charge in [-0.2, -0.15) is 0 Å². The van der Waals surface area contributed by atoms with Gasteiger partial charge < -0.3 is 9.47 Å². The third-order valence-corrected chi connectivity index (χ3v) is 3.33. The third-order valence-electron chi connectivity index (χ3n) is 3.33. The molecule has 0 aromatic heterocycles. The van der Waals surface area contributed by atoms with Crippen molar-refractivity contribution in [3.05, 3.63) is 11.1 Å². The summed E-state index contributed by atoms with van der Waals surface area (Å²) in [5.41, 5.74) is 1.82. The predicted octanol–water partition coefficient (Wildman–Crippen LogP) is 6.15. The molecule has 2 heterocycles. The maximum atomic E-state index is 10.6. The molecule has 0 N–H and O–H groups in total. The molecule has 2 aliphatic rings. The number of esters is 2. The SMILES string of the molecule is C.C.C.C.C.CC#CC.CC1=C(C)C(=O)OC1.CC1COC(=O)C1C.[HH]. The second-order valence-corrected chi connectivity index (χ2v) is 4.88.